The number of hydrogen-bond acceptors (Lipinski definition) is 6. The molecule has 1 aromatic carbocycles. The zero-order chi connectivity index (χ0) is 12.3. The zero-order valence-electron chi connectivity index (χ0n) is 9.26. The monoisotopic (exact) mass is 238 g/mol. The Morgan fingerprint density at radius 2 is 2.12 bits per heavy atom. The van der Waals surface area contributed by atoms with Gasteiger partial charge in [-0.05, 0) is 12.1 Å². The van der Waals surface area contributed by atoms with E-state index in [9.17, 15) is 10.1 Å². The largest absolute Gasteiger partial charge is 0.393 e. The molecule has 0 aliphatic carbocycles. The topological polar surface area (TPSA) is 93.7 Å². The van der Waals surface area contributed by atoms with Crippen molar-refractivity contribution in [2.75, 3.05) is 37.5 Å². The Balaban J connectivity index is 2.19. The highest BCUT2D eigenvalue weighted by molar-refractivity contribution is 5.73. The molecule has 0 amide bonds. The predicted molar refractivity (Wildman–Crippen MR) is 63.5 cm³/mol. The highest BCUT2D eigenvalue weighted by atomic mass is 16.6. The maximum absolute atomic E-state index is 10.9. The lowest BCUT2D eigenvalue weighted by Crippen LogP contribution is -2.40. The Morgan fingerprint density at radius 1 is 1.41 bits per heavy atom. The van der Waals surface area contributed by atoms with Crippen molar-refractivity contribution < 1.29 is 9.66 Å². The maximum atomic E-state index is 10.9. The standard InChI is InChI=1S/C10H14N4O3/c11-8-2-1-3-9(10(8)14(15)16)12-13-4-6-17-7-5-13/h1-3,12H,4-7,11H2. The first-order valence-corrected chi connectivity index (χ1v) is 5.30. The van der Waals surface area contributed by atoms with Crippen LogP contribution in [0.3, 0.4) is 0 Å². The van der Waals surface area contributed by atoms with E-state index in [0.29, 0.717) is 32.0 Å². The van der Waals surface area contributed by atoms with Crippen LogP contribution in [0.2, 0.25) is 0 Å². The minimum Gasteiger partial charge on any atom is -0.393 e. The molecular formula is C10H14N4O3. The van der Waals surface area contributed by atoms with E-state index in [1.807, 2.05) is 5.01 Å². The highest BCUT2D eigenvalue weighted by Crippen LogP contribution is 2.30. The lowest BCUT2D eigenvalue weighted by molar-refractivity contribution is -0.383. The van der Waals surface area contributed by atoms with E-state index in [-0.39, 0.29) is 11.4 Å². The van der Waals surface area contributed by atoms with Gasteiger partial charge in [0.15, 0.2) is 0 Å². The van der Waals surface area contributed by atoms with E-state index in [0.717, 1.165) is 0 Å². The number of para-hydroxylation sites is 1. The van der Waals surface area contributed by atoms with Gasteiger partial charge in [-0.15, -0.1) is 0 Å². The fourth-order valence-corrected chi connectivity index (χ4v) is 1.70. The Morgan fingerprint density at radius 3 is 2.76 bits per heavy atom. The molecule has 1 fully saturated rings. The summed E-state index contributed by atoms with van der Waals surface area (Å²) in [7, 11) is 0. The Kier molecular flexibility index (Phi) is 3.40. The molecule has 1 saturated heterocycles. The van der Waals surface area contributed by atoms with Gasteiger partial charge >= 0.3 is 5.69 Å². The number of morpholine rings is 1. The third-order valence-electron chi connectivity index (χ3n) is 2.54. The van der Waals surface area contributed by atoms with Gasteiger partial charge in [0.1, 0.15) is 11.4 Å². The average Bonchev–Trinajstić information content (AvgIpc) is 2.30. The highest BCUT2D eigenvalue weighted by Gasteiger charge is 2.20. The van der Waals surface area contributed by atoms with Gasteiger partial charge in [0.25, 0.3) is 0 Å². The van der Waals surface area contributed by atoms with Crippen LogP contribution in [0.1, 0.15) is 0 Å². The molecule has 7 heteroatoms. The second kappa shape index (κ2) is 4.98. The Bertz CT molecular complexity index is 418. The predicted octanol–water partition coefficient (Wildman–Crippen LogP) is 0.836. The molecule has 1 aliphatic rings. The van der Waals surface area contributed by atoms with E-state index in [1.54, 1.807) is 12.1 Å². The summed E-state index contributed by atoms with van der Waals surface area (Å²) >= 11 is 0. The number of nitrogens with one attached hydrogen (secondary N) is 1. The summed E-state index contributed by atoms with van der Waals surface area (Å²) in [6.07, 6.45) is 0. The first-order chi connectivity index (χ1) is 8.18. The summed E-state index contributed by atoms with van der Waals surface area (Å²) < 4.78 is 5.20. The summed E-state index contributed by atoms with van der Waals surface area (Å²) in [6.45, 7) is 2.60. The molecule has 2 rings (SSSR count). The molecule has 1 heterocycles. The van der Waals surface area contributed by atoms with Crippen LogP contribution in [0, 0.1) is 10.1 Å². The molecule has 0 bridgehead atoms. The van der Waals surface area contributed by atoms with E-state index in [4.69, 9.17) is 10.5 Å². The molecule has 0 saturated carbocycles. The van der Waals surface area contributed by atoms with Gasteiger partial charge in [-0.1, -0.05) is 6.07 Å². The van der Waals surface area contributed by atoms with Crippen molar-refractivity contribution in [2.45, 2.75) is 0 Å². The molecule has 0 atom stereocenters. The SMILES string of the molecule is Nc1cccc(NN2CCOCC2)c1[N+](=O)[O-]. The molecule has 0 spiro atoms. The van der Waals surface area contributed by atoms with Crippen LogP contribution in [0.5, 0.6) is 0 Å². The fraction of sp³-hybridized carbons (Fsp3) is 0.400. The van der Waals surface area contributed by atoms with Crippen LogP contribution in [0.4, 0.5) is 17.1 Å². The number of hydrogen-bond donors (Lipinski definition) is 2. The molecule has 0 aromatic heterocycles. The maximum Gasteiger partial charge on any atom is 0.316 e. The van der Waals surface area contributed by atoms with Crippen LogP contribution >= 0.6 is 0 Å². The second-order valence-corrected chi connectivity index (χ2v) is 3.71. The number of benzene rings is 1. The number of nitrogen functional groups attached to an aromatic ring is 1. The summed E-state index contributed by atoms with van der Waals surface area (Å²) in [6, 6.07) is 4.84. The molecule has 7 nitrogen and oxygen atoms in total. The normalized spacial score (nSPS) is 16.7. The van der Waals surface area contributed by atoms with Crippen molar-refractivity contribution in [1.82, 2.24) is 5.01 Å². The van der Waals surface area contributed by atoms with Crippen LogP contribution in [-0.4, -0.2) is 36.2 Å². The van der Waals surface area contributed by atoms with Crippen molar-refractivity contribution in [3.8, 4) is 0 Å². The fourth-order valence-electron chi connectivity index (χ4n) is 1.70. The minimum atomic E-state index is -0.474. The summed E-state index contributed by atoms with van der Waals surface area (Å²) in [5.41, 5.74) is 9.10. The van der Waals surface area contributed by atoms with E-state index in [1.165, 1.54) is 6.07 Å². The quantitative estimate of drug-likeness (QED) is 0.460. The number of anilines is 2. The number of ether oxygens (including phenoxy) is 1. The zero-order valence-corrected chi connectivity index (χ0v) is 9.26. The molecule has 1 aromatic rings. The Labute approximate surface area is 98.3 Å². The lowest BCUT2D eigenvalue weighted by Gasteiger charge is -2.27. The van der Waals surface area contributed by atoms with Crippen molar-refractivity contribution >= 4 is 17.1 Å². The first-order valence-electron chi connectivity index (χ1n) is 5.30. The number of nitrogens with zero attached hydrogens (tertiary/aromatic N) is 2. The number of nitro groups is 1. The summed E-state index contributed by atoms with van der Waals surface area (Å²) in [5, 5.41) is 12.8. The van der Waals surface area contributed by atoms with Crippen LogP contribution in [0.15, 0.2) is 18.2 Å². The van der Waals surface area contributed by atoms with Crippen molar-refractivity contribution in [2.24, 2.45) is 0 Å². The van der Waals surface area contributed by atoms with Crippen molar-refractivity contribution in [3.63, 3.8) is 0 Å². The van der Waals surface area contributed by atoms with Gasteiger partial charge in [0.05, 0.1) is 18.1 Å². The second-order valence-electron chi connectivity index (χ2n) is 3.71. The van der Waals surface area contributed by atoms with E-state index >= 15 is 0 Å². The van der Waals surface area contributed by atoms with Gasteiger partial charge in [-0.3, -0.25) is 10.1 Å². The molecule has 1 aliphatic heterocycles. The number of hydrazine groups is 1. The number of nitro benzene ring substituents is 1. The van der Waals surface area contributed by atoms with Crippen LogP contribution in [0.25, 0.3) is 0 Å². The van der Waals surface area contributed by atoms with Gasteiger partial charge in [-0.2, -0.15) is 0 Å². The van der Waals surface area contributed by atoms with Gasteiger partial charge in [0.2, 0.25) is 0 Å². The minimum absolute atomic E-state index is 0.0843. The molecule has 92 valence electrons. The molecular weight excluding hydrogens is 224 g/mol. The molecule has 0 radical (unpaired) electrons. The third kappa shape index (κ3) is 2.63. The van der Waals surface area contributed by atoms with E-state index < -0.39 is 4.92 Å². The van der Waals surface area contributed by atoms with Crippen molar-refractivity contribution in [3.05, 3.63) is 28.3 Å². The summed E-state index contributed by atoms with van der Waals surface area (Å²) in [5.74, 6) is 0. The average molecular weight is 238 g/mol. The first kappa shape index (κ1) is 11.6. The number of rotatable bonds is 3. The molecule has 0 unspecified atom stereocenters. The van der Waals surface area contributed by atoms with Gasteiger partial charge in [0, 0.05) is 13.1 Å². The van der Waals surface area contributed by atoms with Crippen molar-refractivity contribution in [1.29, 1.82) is 0 Å². The van der Waals surface area contributed by atoms with E-state index in [2.05, 4.69) is 5.43 Å². The lowest BCUT2D eigenvalue weighted by atomic mass is 10.2. The smallest absolute Gasteiger partial charge is 0.316 e. The Hall–Kier alpha value is -1.86. The van der Waals surface area contributed by atoms with Gasteiger partial charge in [-0.25, -0.2) is 5.01 Å². The van der Waals surface area contributed by atoms with Crippen LogP contribution in [-0.2, 0) is 4.74 Å². The van der Waals surface area contributed by atoms with Crippen LogP contribution < -0.4 is 11.2 Å². The van der Waals surface area contributed by atoms with Gasteiger partial charge < -0.3 is 15.9 Å². The third-order valence-corrected chi connectivity index (χ3v) is 2.54. The number of nitrogens with two attached hydrogens (primary N) is 1. The summed E-state index contributed by atoms with van der Waals surface area (Å²) in [4.78, 5) is 10.5. The molecule has 3 N–H and O–H groups in total. The molecule has 17 heavy (non-hydrogen) atoms.